The van der Waals surface area contributed by atoms with Crippen molar-refractivity contribution >= 4 is 11.6 Å². The maximum atomic E-state index is 10.4. The number of hydrogen-bond acceptors (Lipinski definition) is 3. The lowest BCUT2D eigenvalue weighted by molar-refractivity contribution is 0.0542. The minimum atomic E-state index is -0.553. The number of ether oxygens (including phenoxy) is 1. The Kier molecular flexibility index (Phi) is 7.30. The first-order valence-electron chi connectivity index (χ1n) is 8.71. The fourth-order valence-corrected chi connectivity index (χ4v) is 2.82. The van der Waals surface area contributed by atoms with Gasteiger partial charge in [0.15, 0.2) is 0 Å². The van der Waals surface area contributed by atoms with E-state index in [0.29, 0.717) is 23.4 Å². The van der Waals surface area contributed by atoms with Gasteiger partial charge in [-0.25, -0.2) is 0 Å². The maximum absolute atomic E-state index is 10.4. The van der Waals surface area contributed by atoms with E-state index < -0.39 is 6.10 Å². The first-order valence-corrected chi connectivity index (χ1v) is 9.09. The number of aliphatic hydroxyl groups excluding tert-OH is 1. The molecule has 0 aromatic heterocycles. The minimum Gasteiger partial charge on any atom is -0.491 e. The lowest BCUT2D eigenvalue weighted by Crippen LogP contribution is -2.39. The summed E-state index contributed by atoms with van der Waals surface area (Å²) in [5, 5.41) is 11.1. The molecule has 0 fully saturated rings. The van der Waals surface area contributed by atoms with Gasteiger partial charge in [0.1, 0.15) is 18.5 Å². The van der Waals surface area contributed by atoms with Crippen LogP contribution >= 0.6 is 11.6 Å². The smallest absolute Gasteiger partial charge is 0.119 e. The van der Waals surface area contributed by atoms with Crippen LogP contribution in [0.5, 0.6) is 5.75 Å². The molecule has 0 aliphatic rings. The third-order valence-electron chi connectivity index (χ3n) is 4.31. The molecule has 0 radical (unpaired) electrons. The van der Waals surface area contributed by atoms with Crippen LogP contribution in [0.2, 0.25) is 5.02 Å². The Morgan fingerprint density at radius 2 is 1.76 bits per heavy atom. The molecule has 0 bridgehead atoms. The van der Waals surface area contributed by atoms with Gasteiger partial charge in [0.25, 0.3) is 0 Å². The van der Waals surface area contributed by atoms with Crippen molar-refractivity contribution in [3.05, 3.63) is 64.2 Å². The van der Waals surface area contributed by atoms with Crippen LogP contribution in [0.3, 0.4) is 0 Å². The molecular weight excluding hydrogens is 334 g/mol. The van der Waals surface area contributed by atoms with Gasteiger partial charge in [-0.3, -0.25) is 4.90 Å². The number of rotatable bonds is 8. The second-order valence-corrected chi connectivity index (χ2v) is 7.31. The Labute approximate surface area is 156 Å². The first-order chi connectivity index (χ1) is 11.8. The van der Waals surface area contributed by atoms with Crippen molar-refractivity contribution in [2.45, 2.75) is 46.4 Å². The molecule has 2 rings (SSSR count). The summed E-state index contributed by atoms with van der Waals surface area (Å²) < 4.78 is 5.66. The molecule has 2 aromatic carbocycles. The normalized spacial score (nSPS) is 12.6. The summed E-state index contributed by atoms with van der Waals surface area (Å²) in [5.74, 6) is 0.717. The molecule has 0 aliphatic heterocycles. The molecular formula is C21H28ClNO2. The minimum absolute atomic E-state index is 0.262. The zero-order valence-electron chi connectivity index (χ0n) is 15.5. The monoisotopic (exact) mass is 361 g/mol. The van der Waals surface area contributed by atoms with E-state index in [0.717, 1.165) is 6.54 Å². The Bertz CT molecular complexity index is 670. The molecule has 0 amide bonds. The topological polar surface area (TPSA) is 32.7 Å². The second kappa shape index (κ2) is 9.23. The molecule has 0 saturated heterocycles. The zero-order chi connectivity index (χ0) is 18.4. The van der Waals surface area contributed by atoms with Crippen molar-refractivity contribution in [3.63, 3.8) is 0 Å². The number of nitrogens with zero attached hydrogens (tertiary/aromatic N) is 1. The third-order valence-corrected chi connectivity index (χ3v) is 4.56. The van der Waals surface area contributed by atoms with Crippen molar-refractivity contribution < 1.29 is 9.84 Å². The molecule has 1 atom stereocenters. The van der Waals surface area contributed by atoms with Crippen LogP contribution in [-0.2, 0) is 6.54 Å². The molecule has 0 spiro atoms. The zero-order valence-corrected chi connectivity index (χ0v) is 16.3. The molecule has 2 aromatic rings. The molecule has 0 unspecified atom stereocenters. The molecule has 0 aliphatic carbocycles. The second-order valence-electron chi connectivity index (χ2n) is 6.87. The number of aryl methyl sites for hydroxylation is 2. The van der Waals surface area contributed by atoms with E-state index in [-0.39, 0.29) is 6.61 Å². The highest BCUT2D eigenvalue weighted by Gasteiger charge is 2.17. The Balaban J connectivity index is 1.93. The van der Waals surface area contributed by atoms with Crippen molar-refractivity contribution in [1.29, 1.82) is 0 Å². The maximum Gasteiger partial charge on any atom is 0.119 e. The average molecular weight is 362 g/mol. The predicted molar refractivity (Wildman–Crippen MR) is 104 cm³/mol. The largest absolute Gasteiger partial charge is 0.491 e. The van der Waals surface area contributed by atoms with E-state index in [1.54, 1.807) is 12.1 Å². The molecule has 136 valence electrons. The van der Waals surface area contributed by atoms with Crippen molar-refractivity contribution in [2.75, 3.05) is 13.2 Å². The molecule has 25 heavy (non-hydrogen) atoms. The molecule has 0 saturated carbocycles. The SMILES string of the molecule is Cc1ccc(C)c(CN(C[C@H](O)COc2ccc(Cl)cc2)C(C)C)c1. The van der Waals surface area contributed by atoms with E-state index in [9.17, 15) is 5.11 Å². The highest BCUT2D eigenvalue weighted by Crippen LogP contribution is 2.17. The predicted octanol–water partition coefficient (Wildman–Crippen LogP) is 4.61. The van der Waals surface area contributed by atoms with Crippen molar-refractivity contribution in [2.24, 2.45) is 0 Å². The number of aliphatic hydroxyl groups is 1. The van der Waals surface area contributed by atoms with E-state index in [4.69, 9.17) is 16.3 Å². The lowest BCUT2D eigenvalue weighted by atomic mass is 10.0. The van der Waals surface area contributed by atoms with Crippen molar-refractivity contribution in [3.8, 4) is 5.75 Å². The summed E-state index contributed by atoms with van der Waals surface area (Å²) in [5.41, 5.74) is 3.85. The van der Waals surface area contributed by atoms with Crippen molar-refractivity contribution in [1.82, 2.24) is 4.90 Å². The Morgan fingerprint density at radius 1 is 1.08 bits per heavy atom. The van der Waals surface area contributed by atoms with E-state index >= 15 is 0 Å². The van der Waals surface area contributed by atoms with Crippen LogP contribution in [0, 0.1) is 13.8 Å². The summed E-state index contributed by atoms with van der Waals surface area (Å²) in [4.78, 5) is 2.28. The van der Waals surface area contributed by atoms with Gasteiger partial charge >= 0.3 is 0 Å². The summed E-state index contributed by atoms with van der Waals surface area (Å²) >= 11 is 5.87. The average Bonchev–Trinajstić information content (AvgIpc) is 2.57. The van der Waals surface area contributed by atoms with Gasteiger partial charge in [-0.05, 0) is 63.1 Å². The van der Waals surface area contributed by atoms with Gasteiger partial charge in [0.2, 0.25) is 0 Å². The fourth-order valence-electron chi connectivity index (χ4n) is 2.69. The standard InChI is InChI=1S/C21H28ClNO2/c1-15(2)23(12-18-11-16(3)5-6-17(18)4)13-20(24)14-25-21-9-7-19(22)8-10-21/h5-11,15,20,24H,12-14H2,1-4H3/t20-/m0/s1. The highest BCUT2D eigenvalue weighted by atomic mass is 35.5. The van der Waals surface area contributed by atoms with Gasteiger partial charge in [-0.1, -0.05) is 35.4 Å². The molecule has 1 N–H and O–H groups in total. The van der Waals surface area contributed by atoms with Crippen LogP contribution in [-0.4, -0.2) is 35.3 Å². The van der Waals surface area contributed by atoms with Gasteiger partial charge in [-0.15, -0.1) is 0 Å². The van der Waals surface area contributed by atoms with E-state index in [1.807, 2.05) is 12.1 Å². The molecule has 3 nitrogen and oxygen atoms in total. The van der Waals surface area contributed by atoms with E-state index in [1.165, 1.54) is 16.7 Å². The van der Waals surface area contributed by atoms with Gasteiger partial charge in [0.05, 0.1) is 0 Å². The lowest BCUT2D eigenvalue weighted by Gasteiger charge is -2.29. The van der Waals surface area contributed by atoms with Gasteiger partial charge in [-0.2, -0.15) is 0 Å². The quantitative estimate of drug-likeness (QED) is 0.745. The summed E-state index contributed by atoms with van der Waals surface area (Å²) in [6, 6.07) is 14.0. The van der Waals surface area contributed by atoms with Gasteiger partial charge in [0, 0.05) is 24.2 Å². The molecule has 0 heterocycles. The van der Waals surface area contributed by atoms with Gasteiger partial charge < -0.3 is 9.84 Å². The van der Waals surface area contributed by atoms with Crippen LogP contribution in [0.25, 0.3) is 0 Å². The van der Waals surface area contributed by atoms with E-state index in [2.05, 4.69) is 50.8 Å². The molecule has 4 heteroatoms. The van der Waals surface area contributed by atoms with Crippen LogP contribution in [0.1, 0.15) is 30.5 Å². The number of hydrogen-bond donors (Lipinski definition) is 1. The summed E-state index contributed by atoms with van der Waals surface area (Å²) in [6.45, 7) is 10.2. The highest BCUT2D eigenvalue weighted by molar-refractivity contribution is 6.30. The van der Waals surface area contributed by atoms with Crippen LogP contribution < -0.4 is 4.74 Å². The third kappa shape index (κ3) is 6.35. The van der Waals surface area contributed by atoms with Crippen LogP contribution in [0.4, 0.5) is 0 Å². The number of benzene rings is 2. The summed E-state index contributed by atoms with van der Waals surface area (Å²) in [6.07, 6.45) is -0.553. The van der Waals surface area contributed by atoms with Crippen LogP contribution in [0.15, 0.2) is 42.5 Å². The Hall–Kier alpha value is -1.55. The number of halogens is 1. The first kappa shape index (κ1) is 19.8. The summed E-state index contributed by atoms with van der Waals surface area (Å²) in [7, 11) is 0. The fraction of sp³-hybridized carbons (Fsp3) is 0.429. The Morgan fingerprint density at radius 3 is 2.40 bits per heavy atom.